The molecule has 3 aromatic rings. The van der Waals surface area contributed by atoms with Crippen LogP contribution in [0.25, 0.3) is 10.2 Å². The Morgan fingerprint density at radius 3 is 2.43 bits per heavy atom. The zero-order valence-corrected chi connectivity index (χ0v) is 20.2. The van der Waals surface area contributed by atoms with Crippen LogP contribution in [0.4, 0.5) is 5.13 Å². The van der Waals surface area contributed by atoms with E-state index >= 15 is 0 Å². The Balaban J connectivity index is 0.00000256. The van der Waals surface area contributed by atoms with Gasteiger partial charge >= 0.3 is 0 Å². The molecule has 0 atom stereocenters. The van der Waals surface area contributed by atoms with Gasteiger partial charge in [-0.05, 0) is 19.2 Å². The van der Waals surface area contributed by atoms with E-state index in [2.05, 4.69) is 18.7 Å². The van der Waals surface area contributed by atoms with Crippen LogP contribution in [-0.4, -0.2) is 48.8 Å². The molecule has 1 aromatic carbocycles. The second-order valence-corrected chi connectivity index (χ2v) is 9.69. The molecule has 4 rings (SSSR count). The molecule has 2 aromatic heterocycles. The van der Waals surface area contributed by atoms with Gasteiger partial charge in [-0.1, -0.05) is 48.4 Å². The molecule has 3 heterocycles. The van der Waals surface area contributed by atoms with Crippen molar-refractivity contribution in [3.8, 4) is 11.5 Å². The Hall–Kier alpha value is -1.29. The van der Waals surface area contributed by atoms with Crippen molar-refractivity contribution in [3.63, 3.8) is 0 Å². The summed E-state index contributed by atoms with van der Waals surface area (Å²) in [5.74, 6) is 1.16. The molecule has 0 aliphatic carbocycles. The van der Waals surface area contributed by atoms with Crippen molar-refractivity contribution < 1.29 is 26.7 Å². The van der Waals surface area contributed by atoms with Gasteiger partial charge in [0.25, 0.3) is 5.91 Å². The number of thiophene rings is 1. The third-order valence-electron chi connectivity index (χ3n) is 4.77. The number of benzene rings is 1. The fourth-order valence-electron chi connectivity index (χ4n) is 3.12. The standard InChI is InChI=1S/C19H19Cl2N3O3S2.ClH/c1-3-23(4-2)5-6-24(18(25)11-7-16(20)29-17(11)21)19-22-12-8-13-14(27-10-26-13)9-15(12)28-19;/h7-9H,3-6,10H2,1-2H3;1H/p-1. The van der Waals surface area contributed by atoms with Gasteiger partial charge < -0.3 is 26.8 Å². The first-order valence-corrected chi connectivity index (χ1v) is 11.6. The van der Waals surface area contributed by atoms with Crippen LogP contribution in [0.5, 0.6) is 11.5 Å². The molecule has 0 unspecified atom stereocenters. The third-order valence-corrected chi connectivity index (χ3v) is 7.30. The molecule has 0 bridgehead atoms. The number of rotatable bonds is 7. The number of anilines is 1. The van der Waals surface area contributed by atoms with Crippen LogP contribution >= 0.6 is 45.9 Å². The second-order valence-electron chi connectivity index (χ2n) is 6.39. The second kappa shape index (κ2) is 9.89. The number of thiazole rings is 1. The highest BCUT2D eigenvalue weighted by Gasteiger charge is 2.26. The summed E-state index contributed by atoms with van der Waals surface area (Å²) in [7, 11) is 0. The normalized spacial score (nSPS) is 12.4. The molecule has 0 fully saturated rings. The van der Waals surface area contributed by atoms with Crippen molar-refractivity contribution in [1.29, 1.82) is 0 Å². The highest BCUT2D eigenvalue weighted by molar-refractivity contribution is 7.22. The number of nitrogens with zero attached hydrogens (tertiary/aromatic N) is 3. The largest absolute Gasteiger partial charge is 1.00 e. The summed E-state index contributed by atoms with van der Waals surface area (Å²) in [6.45, 7) is 7.46. The number of amides is 1. The Labute approximate surface area is 198 Å². The summed E-state index contributed by atoms with van der Waals surface area (Å²) < 4.78 is 12.7. The van der Waals surface area contributed by atoms with Crippen LogP contribution in [0.3, 0.4) is 0 Å². The molecule has 1 amide bonds. The predicted molar refractivity (Wildman–Crippen MR) is 120 cm³/mol. The van der Waals surface area contributed by atoms with Crippen molar-refractivity contribution in [2.45, 2.75) is 13.8 Å². The first-order valence-electron chi connectivity index (χ1n) is 9.19. The van der Waals surface area contributed by atoms with Crippen molar-refractivity contribution in [2.75, 3.05) is 37.9 Å². The highest BCUT2D eigenvalue weighted by atomic mass is 35.5. The maximum absolute atomic E-state index is 13.3. The summed E-state index contributed by atoms with van der Waals surface area (Å²) in [4.78, 5) is 22.0. The minimum absolute atomic E-state index is 0. The average molecular weight is 508 g/mol. The summed E-state index contributed by atoms with van der Waals surface area (Å²) in [6.07, 6.45) is 0. The molecule has 0 saturated heterocycles. The third kappa shape index (κ3) is 4.64. The van der Waals surface area contributed by atoms with Crippen molar-refractivity contribution in [2.24, 2.45) is 0 Å². The van der Waals surface area contributed by atoms with Gasteiger partial charge in [-0.25, -0.2) is 4.98 Å². The fraction of sp³-hybridized carbons (Fsp3) is 0.368. The summed E-state index contributed by atoms with van der Waals surface area (Å²) >= 11 is 15.0. The fourth-order valence-corrected chi connectivity index (χ4v) is 5.57. The van der Waals surface area contributed by atoms with E-state index < -0.39 is 0 Å². The maximum Gasteiger partial charge on any atom is 0.262 e. The molecule has 162 valence electrons. The molecule has 1 aliphatic rings. The molecule has 11 heteroatoms. The molecule has 0 spiro atoms. The Morgan fingerprint density at radius 2 is 1.80 bits per heavy atom. The SMILES string of the molecule is CCN(CC)CCN(C(=O)c1cc(Cl)sc1Cl)c1nc2cc3c(cc2s1)OCO3.[Cl-]. The lowest BCUT2D eigenvalue weighted by molar-refractivity contribution is -0.0000148. The number of ether oxygens (including phenoxy) is 2. The summed E-state index contributed by atoms with van der Waals surface area (Å²) in [5, 5.41) is 0.610. The lowest BCUT2D eigenvalue weighted by atomic mass is 10.3. The van der Waals surface area contributed by atoms with Gasteiger partial charge in [-0.15, -0.1) is 11.3 Å². The molecule has 0 radical (unpaired) electrons. The number of fused-ring (bicyclic) bond motifs is 2. The Kier molecular flexibility index (Phi) is 7.71. The van der Waals surface area contributed by atoms with E-state index in [0.717, 1.165) is 29.9 Å². The average Bonchev–Trinajstić information content (AvgIpc) is 3.40. The molecular weight excluding hydrogens is 489 g/mol. The van der Waals surface area contributed by atoms with Crippen molar-refractivity contribution in [3.05, 3.63) is 32.4 Å². The van der Waals surface area contributed by atoms with Gasteiger partial charge in [-0.2, -0.15) is 0 Å². The van der Waals surface area contributed by atoms with Crippen LogP contribution in [0.15, 0.2) is 18.2 Å². The zero-order valence-electron chi connectivity index (χ0n) is 16.3. The van der Waals surface area contributed by atoms with E-state index in [0.29, 0.717) is 37.4 Å². The molecule has 30 heavy (non-hydrogen) atoms. The monoisotopic (exact) mass is 506 g/mol. The van der Waals surface area contributed by atoms with Crippen molar-refractivity contribution >= 4 is 67.1 Å². The van der Waals surface area contributed by atoms with E-state index in [-0.39, 0.29) is 25.1 Å². The quantitative estimate of drug-likeness (QED) is 0.492. The van der Waals surface area contributed by atoms with E-state index in [1.54, 1.807) is 11.0 Å². The van der Waals surface area contributed by atoms with E-state index in [4.69, 9.17) is 37.7 Å². The highest BCUT2D eigenvalue weighted by Crippen LogP contribution is 2.40. The Bertz CT molecular complexity index is 1010. The van der Waals surface area contributed by atoms with Gasteiger partial charge in [0.2, 0.25) is 6.79 Å². The van der Waals surface area contributed by atoms with Gasteiger partial charge in [0.1, 0.15) is 4.34 Å². The Morgan fingerprint density at radius 1 is 1.10 bits per heavy atom. The van der Waals surface area contributed by atoms with Crippen LogP contribution in [-0.2, 0) is 0 Å². The van der Waals surface area contributed by atoms with Crippen LogP contribution in [0.1, 0.15) is 24.2 Å². The van der Waals surface area contributed by atoms with E-state index in [1.165, 1.54) is 22.7 Å². The smallest absolute Gasteiger partial charge is 0.262 e. The molecular formula is C19H19Cl3N3O3S2-. The summed E-state index contributed by atoms with van der Waals surface area (Å²) in [6, 6.07) is 5.37. The topological polar surface area (TPSA) is 54.9 Å². The van der Waals surface area contributed by atoms with Crippen molar-refractivity contribution in [1.82, 2.24) is 9.88 Å². The van der Waals surface area contributed by atoms with Gasteiger partial charge in [0, 0.05) is 25.2 Å². The molecule has 1 aliphatic heterocycles. The first kappa shape index (κ1) is 23.4. The number of carbonyl (C=O) groups excluding carboxylic acids is 1. The number of likely N-dealkylation sites (N-methyl/N-ethyl adjacent to an activating group) is 1. The lowest BCUT2D eigenvalue weighted by Gasteiger charge is -2.24. The minimum atomic E-state index is -0.204. The maximum atomic E-state index is 13.3. The number of aromatic nitrogens is 1. The van der Waals surface area contributed by atoms with Crippen LogP contribution in [0.2, 0.25) is 8.67 Å². The minimum Gasteiger partial charge on any atom is -1.00 e. The first-order chi connectivity index (χ1) is 14.0. The molecule has 0 saturated carbocycles. The lowest BCUT2D eigenvalue weighted by Crippen LogP contribution is -3.00. The zero-order chi connectivity index (χ0) is 20.5. The molecule has 6 nitrogen and oxygen atoms in total. The number of hydrogen-bond acceptors (Lipinski definition) is 7. The van der Waals surface area contributed by atoms with Gasteiger partial charge in [0.05, 0.1) is 20.1 Å². The molecule has 0 N–H and O–H groups in total. The van der Waals surface area contributed by atoms with E-state index in [1.807, 2.05) is 12.1 Å². The number of halogens is 3. The predicted octanol–water partition coefficient (Wildman–Crippen LogP) is 2.39. The summed E-state index contributed by atoms with van der Waals surface area (Å²) in [5.41, 5.74) is 1.17. The number of carbonyl (C=O) groups is 1. The number of hydrogen-bond donors (Lipinski definition) is 0. The van der Waals surface area contributed by atoms with Gasteiger partial charge in [-0.3, -0.25) is 9.69 Å². The van der Waals surface area contributed by atoms with Crippen LogP contribution < -0.4 is 26.8 Å². The van der Waals surface area contributed by atoms with E-state index in [9.17, 15) is 4.79 Å². The van der Waals surface area contributed by atoms with Gasteiger partial charge in [0.15, 0.2) is 16.6 Å². The van der Waals surface area contributed by atoms with Crippen LogP contribution in [0, 0.1) is 0 Å².